The zero-order chi connectivity index (χ0) is 10.4. The van der Waals surface area contributed by atoms with Crippen molar-refractivity contribution in [1.29, 1.82) is 0 Å². The Hall–Kier alpha value is -1.47. The van der Waals surface area contributed by atoms with Crippen molar-refractivity contribution in [3.8, 4) is 0 Å². The molecule has 3 nitrogen and oxygen atoms in total. The highest BCUT2D eigenvalue weighted by Crippen LogP contribution is 2.09. The lowest BCUT2D eigenvalue weighted by Gasteiger charge is -2.08. The van der Waals surface area contributed by atoms with Crippen molar-refractivity contribution in [2.24, 2.45) is 0 Å². The summed E-state index contributed by atoms with van der Waals surface area (Å²) in [6, 6.07) is 3.32. The lowest BCUT2D eigenvalue weighted by Crippen LogP contribution is -2.27. The van der Waals surface area contributed by atoms with Crippen molar-refractivity contribution < 1.29 is 4.39 Å². The van der Waals surface area contributed by atoms with E-state index in [-0.39, 0.29) is 12.7 Å². The second kappa shape index (κ2) is 5.30. The van der Waals surface area contributed by atoms with Gasteiger partial charge in [-0.1, -0.05) is 6.07 Å². The molecule has 1 heterocycles. The number of nitrogens with zero attached hydrogens (tertiary/aromatic N) is 2. The van der Waals surface area contributed by atoms with Crippen LogP contribution in [0.3, 0.4) is 0 Å². The first-order valence-corrected chi connectivity index (χ1v) is 4.38. The molecule has 1 aromatic rings. The number of aromatic nitrogens is 1. The highest BCUT2D eigenvalue weighted by Gasteiger charge is 2.00. The largest absolute Gasteiger partial charge is 0.306 e. The molecule has 1 atom stereocenters. The Bertz CT molecular complexity index is 315. The van der Waals surface area contributed by atoms with Crippen LogP contribution in [-0.2, 0) is 6.54 Å². The third-order valence-electron chi connectivity index (χ3n) is 1.80. The van der Waals surface area contributed by atoms with Gasteiger partial charge in [-0.3, -0.25) is 4.98 Å². The van der Waals surface area contributed by atoms with Crippen molar-refractivity contribution in [2.45, 2.75) is 19.5 Å². The molecule has 0 aromatic carbocycles. The van der Waals surface area contributed by atoms with E-state index in [9.17, 15) is 4.39 Å². The molecule has 0 fully saturated rings. The Labute approximate surface area is 82.8 Å². The van der Waals surface area contributed by atoms with Gasteiger partial charge in [0.15, 0.2) is 0 Å². The molecule has 74 valence electrons. The van der Waals surface area contributed by atoms with Crippen LogP contribution in [0.2, 0.25) is 0 Å². The first-order chi connectivity index (χ1) is 6.76. The molecule has 0 aliphatic heterocycles. The topological polar surface area (TPSA) is 29.3 Å². The van der Waals surface area contributed by atoms with E-state index in [0.717, 1.165) is 5.69 Å². The summed E-state index contributed by atoms with van der Waals surface area (Å²) in [6.07, 6.45) is 1.52. The average molecular weight is 193 g/mol. The van der Waals surface area contributed by atoms with Gasteiger partial charge in [-0.2, -0.15) is 0 Å². The molecule has 0 radical (unpaired) electrons. The highest BCUT2D eigenvalue weighted by molar-refractivity contribution is 5.41. The second-order valence-electron chi connectivity index (χ2n) is 3.06. The fourth-order valence-electron chi connectivity index (χ4n) is 0.921. The minimum Gasteiger partial charge on any atom is -0.306 e. The molecule has 1 rings (SSSR count). The molecule has 0 saturated heterocycles. The van der Waals surface area contributed by atoms with Gasteiger partial charge in [-0.15, -0.1) is 0 Å². The van der Waals surface area contributed by atoms with Crippen molar-refractivity contribution in [3.05, 3.63) is 35.4 Å². The second-order valence-corrected chi connectivity index (χ2v) is 3.06. The maximum Gasteiger partial charge on any atom is 0.205 e. The van der Waals surface area contributed by atoms with E-state index in [4.69, 9.17) is 6.57 Å². The van der Waals surface area contributed by atoms with Crippen LogP contribution in [0.1, 0.15) is 12.6 Å². The predicted molar refractivity (Wildman–Crippen MR) is 52.8 cm³/mol. The fourth-order valence-corrected chi connectivity index (χ4v) is 0.921. The van der Waals surface area contributed by atoms with E-state index in [1.807, 2.05) is 0 Å². The molecule has 0 bridgehead atoms. The Balaban J connectivity index is 2.49. The Kier molecular flexibility index (Phi) is 4.02. The lowest BCUT2D eigenvalue weighted by molar-refractivity contribution is 0.390. The molecule has 4 heteroatoms. The average Bonchev–Trinajstić information content (AvgIpc) is 2.26. The van der Waals surface area contributed by atoms with Crippen LogP contribution < -0.4 is 5.32 Å². The van der Waals surface area contributed by atoms with Gasteiger partial charge in [-0.05, 0) is 13.0 Å². The van der Waals surface area contributed by atoms with Gasteiger partial charge in [0.25, 0.3) is 0 Å². The summed E-state index contributed by atoms with van der Waals surface area (Å²) >= 11 is 0. The zero-order valence-electron chi connectivity index (χ0n) is 8.00. The normalized spacial score (nSPS) is 12.1. The maximum absolute atomic E-state index is 12.1. The standard InChI is InChI=1S/C10H12FN3/c1-8(5-11)13-7-10-4-3-9(12-2)6-14-10/h3-4,6,8,13H,5,7H2,1H3. The summed E-state index contributed by atoms with van der Waals surface area (Å²) in [5.74, 6) is 0. The smallest absolute Gasteiger partial charge is 0.205 e. The molecule has 0 aliphatic rings. The summed E-state index contributed by atoms with van der Waals surface area (Å²) < 4.78 is 12.1. The van der Waals surface area contributed by atoms with E-state index in [2.05, 4.69) is 15.1 Å². The van der Waals surface area contributed by atoms with Crippen LogP contribution >= 0.6 is 0 Å². The number of pyridine rings is 1. The quantitative estimate of drug-likeness (QED) is 0.742. The number of halogens is 1. The van der Waals surface area contributed by atoms with Gasteiger partial charge < -0.3 is 5.32 Å². The van der Waals surface area contributed by atoms with Gasteiger partial charge in [0.05, 0.1) is 12.3 Å². The summed E-state index contributed by atoms with van der Waals surface area (Å²) in [4.78, 5) is 7.29. The van der Waals surface area contributed by atoms with Crippen molar-refractivity contribution in [2.75, 3.05) is 6.67 Å². The van der Waals surface area contributed by atoms with Gasteiger partial charge >= 0.3 is 0 Å². The summed E-state index contributed by atoms with van der Waals surface area (Å²) in [7, 11) is 0. The third-order valence-corrected chi connectivity index (χ3v) is 1.80. The zero-order valence-corrected chi connectivity index (χ0v) is 8.00. The number of rotatable bonds is 4. The van der Waals surface area contributed by atoms with Crippen molar-refractivity contribution in [1.82, 2.24) is 10.3 Å². The molecular weight excluding hydrogens is 181 g/mol. The first-order valence-electron chi connectivity index (χ1n) is 4.38. The van der Waals surface area contributed by atoms with E-state index >= 15 is 0 Å². The van der Waals surface area contributed by atoms with Crippen molar-refractivity contribution >= 4 is 5.69 Å². The molecule has 0 saturated carbocycles. The Morgan fingerprint density at radius 3 is 2.93 bits per heavy atom. The first kappa shape index (κ1) is 10.6. The number of hydrogen-bond donors (Lipinski definition) is 1. The third kappa shape index (κ3) is 3.11. The summed E-state index contributed by atoms with van der Waals surface area (Å²) in [6.45, 7) is 8.65. The molecule has 0 amide bonds. The number of alkyl halides is 1. The van der Waals surface area contributed by atoms with Crippen LogP contribution in [0, 0.1) is 6.57 Å². The number of nitrogens with one attached hydrogen (secondary N) is 1. The maximum atomic E-state index is 12.1. The van der Waals surface area contributed by atoms with E-state index < -0.39 is 0 Å². The SMILES string of the molecule is [C-]#[N+]c1ccc(CNC(C)CF)nc1. The van der Waals surface area contributed by atoms with E-state index in [0.29, 0.717) is 12.2 Å². The van der Waals surface area contributed by atoms with Crippen LogP contribution in [0.5, 0.6) is 0 Å². The van der Waals surface area contributed by atoms with E-state index in [1.165, 1.54) is 6.20 Å². The van der Waals surface area contributed by atoms with Crippen LogP contribution in [0.25, 0.3) is 4.85 Å². The molecule has 0 spiro atoms. The van der Waals surface area contributed by atoms with Gasteiger partial charge in [0.1, 0.15) is 6.67 Å². The molecule has 14 heavy (non-hydrogen) atoms. The van der Waals surface area contributed by atoms with E-state index in [1.54, 1.807) is 19.1 Å². The fraction of sp³-hybridized carbons (Fsp3) is 0.400. The van der Waals surface area contributed by atoms with Crippen LogP contribution in [0.15, 0.2) is 18.3 Å². The van der Waals surface area contributed by atoms with Crippen molar-refractivity contribution in [3.63, 3.8) is 0 Å². The van der Waals surface area contributed by atoms with Gasteiger partial charge in [-0.25, -0.2) is 9.24 Å². The molecule has 1 unspecified atom stereocenters. The lowest BCUT2D eigenvalue weighted by atomic mass is 10.3. The molecular formula is C10H12FN3. The monoisotopic (exact) mass is 193 g/mol. The minimum absolute atomic E-state index is 0.155. The molecule has 1 aromatic heterocycles. The minimum atomic E-state index is -0.389. The van der Waals surface area contributed by atoms with Gasteiger partial charge in [0, 0.05) is 18.8 Å². The Morgan fingerprint density at radius 1 is 1.64 bits per heavy atom. The Morgan fingerprint density at radius 2 is 2.43 bits per heavy atom. The predicted octanol–water partition coefficient (Wildman–Crippen LogP) is 2.08. The summed E-state index contributed by atoms with van der Waals surface area (Å²) in [5.41, 5.74) is 1.34. The van der Waals surface area contributed by atoms with Crippen LogP contribution in [0.4, 0.5) is 10.1 Å². The number of hydrogen-bond acceptors (Lipinski definition) is 2. The van der Waals surface area contributed by atoms with Crippen LogP contribution in [-0.4, -0.2) is 17.7 Å². The highest BCUT2D eigenvalue weighted by atomic mass is 19.1. The molecule has 0 aliphatic carbocycles. The molecule has 1 N–H and O–H groups in total. The van der Waals surface area contributed by atoms with Gasteiger partial charge in [0.2, 0.25) is 5.69 Å². The summed E-state index contributed by atoms with van der Waals surface area (Å²) in [5, 5.41) is 2.97.